The SMILES string of the molecule is COc1cccc(C#CCCNC(=O)OCC2c3ccccc3-c3ccccc32)n1. The summed E-state index contributed by atoms with van der Waals surface area (Å²) in [6, 6.07) is 22.0. The highest BCUT2D eigenvalue weighted by Crippen LogP contribution is 2.44. The van der Waals surface area contributed by atoms with Gasteiger partial charge < -0.3 is 14.8 Å². The van der Waals surface area contributed by atoms with E-state index >= 15 is 0 Å². The molecule has 150 valence electrons. The van der Waals surface area contributed by atoms with Crippen LogP contribution in [0.25, 0.3) is 11.1 Å². The third kappa shape index (κ3) is 4.28. The Morgan fingerprint density at radius 1 is 1.00 bits per heavy atom. The maximum Gasteiger partial charge on any atom is 0.407 e. The number of methoxy groups -OCH3 is 1. The van der Waals surface area contributed by atoms with Gasteiger partial charge >= 0.3 is 6.09 Å². The minimum absolute atomic E-state index is 0.0575. The lowest BCUT2D eigenvalue weighted by Gasteiger charge is -2.14. The Morgan fingerprint density at radius 2 is 1.70 bits per heavy atom. The van der Waals surface area contributed by atoms with Crippen molar-refractivity contribution in [3.63, 3.8) is 0 Å². The molecule has 30 heavy (non-hydrogen) atoms. The number of benzene rings is 2. The number of nitrogens with one attached hydrogen (secondary N) is 1. The molecule has 5 heteroatoms. The number of carbonyl (C=O) groups excluding carboxylic acids is 1. The van der Waals surface area contributed by atoms with Crippen molar-refractivity contribution < 1.29 is 14.3 Å². The summed E-state index contributed by atoms with van der Waals surface area (Å²) in [5.41, 5.74) is 5.45. The Bertz CT molecular complexity index is 1070. The number of aromatic nitrogens is 1. The van der Waals surface area contributed by atoms with E-state index in [1.165, 1.54) is 22.3 Å². The summed E-state index contributed by atoms with van der Waals surface area (Å²) in [6.07, 6.45) is 0.0708. The molecule has 1 amide bonds. The number of rotatable bonds is 5. The van der Waals surface area contributed by atoms with Crippen LogP contribution < -0.4 is 10.1 Å². The van der Waals surface area contributed by atoms with E-state index in [1.807, 2.05) is 36.4 Å². The van der Waals surface area contributed by atoms with Gasteiger partial charge in [0.1, 0.15) is 12.3 Å². The molecule has 1 aromatic heterocycles. The maximum absolute atomic E-state index is 12.1. The average molecular weight is 398 g/mol. The molecule has 0 saturated heterocycles. The van der Waals surface area contributed by atoms with Crippen molar-refractivity contribution >= 4 is 6.09 Å². The van der Waals surface area contributed by atoms with Gasteiger partial charge in [0.2, 0.25) is 5.88 Å². The van der Waals surface area contributed by atoms with E-state index in [1.54, 1.807) is 13.2 Å². The average Bonchev–Trinajstić information content (AvgIpc) is 3.11. The van der Waals surface area contributed by atoms with Crippen LogP contribution in [0.4, 0.5) is 4.79 Å². The lowest BCUT2D eigenvalue weighted by atomic mass is 9.98. The first kappa shape index (κ1) is 19.5. The van der Waals surface area contributed by atoms with Crippen LogP contribution >= 0.6 is 0 Å². The molecule has 2 aromatic carbocycles. The molecule has 1 aliphatic rings. The third-order valence-electron chi connectivity index (χ3n) is 5.01. The minimum Gasteiger partial charge on any atom is -0.481 e. The van der Waals surface area contributed by atoms with E-state index in [0.717, 1.165) is 0 Å². The molecule has 1 heterocycles. The Hall–Kier alpha value is -3.78. The monoisotopic (exact) mass is 398 g/mol. The number of hydrogen-bond donors (Lipinski definition) is 1. The van der Waals surface area contributed by atoms with E-state index in [2.05, 4.69) is 46.4 Å². The van der Waals surface area contributed by atoms with Gasteiger partial charge in [-0.2, -0.15) is 0 Å². The second-order valence-corrected chi connectivity index (χ2v) is 6.87. The van der Waals surface area contributed by atoms with E-state index in [9.17, 15) is 4.79 Å². The van der Waals surface area contributed by atoms with Crippen molar-refractivity contribution in [2.45, 2.75) is 12.3 Å². The molecular formula is C25H22N2O3. The van der Waals surface area contributed by atoms with Gasteiger partial charge in [0.25, 0.3) is 0 Å². The van der Waals surface area contributed by atoms with Gasteiger partial charge in [0, 0.05) is 24.9 Å². The van der Waals surface area contributed by atoms with Gasteiger partial charge in [-0.25, -0.2) is 9.78 Å². The van der Waals surface area contributed by atoms with Crippen molar-refractivity contribution in [2.24, 2.45) is 0 Å². The quantitative estimate of drug-likeness (QED) is 0.512. The molecular weight excluding hydrogens is 376 g/mol. The molecule has 0 unspecified atom stereocenters. The Kier molecular flexibility index (Phi) is 5.95. The standard InChI is InChI=1S/C25H22N2O3/c1-29-24-15-8-10-18(27-24)9-6-7-16-26-25(28)30-17-23-21-13-4-2-11-19(21)20-12-3-5-14-22(20)23/h2-5,8,10-15,23H,7,16-17H2,1H3,(H,26,28). The van der Waals surface area contributed by atoms with Crippen LogP contribution in [0.1, 0.15) is 29.2 Å². The van der Waals surface area contributed by atoms with Gasteiger partial charge in [0.05, 0.1) is 7.11 Å². The molecule has 0 spiro atoms. The molecule has 3 aromatic rings. The summed E-state index contributed by atoms with van der Waals surface area (Å²) in [5, 5.41) is 2.75. The first-order chi connectivity index (χ1) is 14.8. The van der Waals surface area contributed by atoms with Gasteiger partial charge in [-0.1, -0.05) is 60.5 Å². The summed E-state index contributed by atoms with van der Waals surface area (Å²) in [7, 11) is 1.57. The predicted molar refractivity (Wildman–Crippen MR) is 115 cm³/mol. The van der Waals surface area contributed by atoms with E-state index in [-0.39, 0.29) is 5.92 Å². The van der Waals surface area contributed by atoms with Gasteiger partial charge in [-0.3, -0.25) is 0 Å². The summed E-state index contributed by atoms with van der Waals surface area (Å²) >= 11 is 0. The molecule has 0 aliphatic heterocycles. The first-order valence-electron chi connectivity index (χ1n) is 9.85. The van der Waals surface area contributed by atoms with Crippen molar-refractivity contribution in [3.05, 3.63) is 83.6 Å². The number of fused-ring (bicyclic) bond motifs is 3. The Labute approximate surface area is 176 Å². The fraction of sp³-hybridized carbons (Fsp3) is 0.200. The largest absolute Gasteiger partial charge is 0.481 e. The van der Waals surface area contributed by atoms with Crippen LogP contribution in [0.3, 0.4) is 0 Å². The van der Waals surface area contributed by atoms with Crippen LogP contribution in [0.5, 0.6) is 5.88 Å². The molecule has 5 nitrogen and oxygen atoms in total. The summed E-state index contributed by atoms with van der Waals surface area (Å²) in [4.78, 5) is 16.4. The zero-order valence-corrected chi connectivity index (χ0v) is 16.7. The predicted octanol–water partition coefficient (Wildman–Crippen LogP) is 4.37. The maximum atomic E-state index is 12.1. The third-order valence-corrected chi connectivity index (χ3v) is 5.01. The molecule has 4 rings (SSSR count). The number of carbonyl (C=O) groups is 1. The van der Waals surface area contributed by atoms with E-state index in [4.69, 9.17) is 9.47 Å². The number of alkyl carbamates (subject to hydrolysis) is 1. The van der Waals surface area contributed by atoms with Crippen molar-refractivity contribution in [3.8, 4) is 28.8 Å². The zero-order chi connectivity index (χ0) is 20.8. The smallest absolute Gasteiger partial charge is 0.407 e. The van der Waals surface area contributed by atoms with Crippen LogP contribution in [-0.2, 0) is 4.74 Å². The lowest BCUT2D eigenvalue weighted by molar-refractivity contribution is 0.143. The minimum atomic E-state index is -0.432. The van der Waals surface area contributed by atoms with Crippen LogP contribution in [0, 0.1) is 11.8 Å². The molecule has 0 fully saturated rings. The Balaban J connectivity index is 1.28. The van der Waals surface area contributed by atoms with Crippen LogP contribution in [0.2, 0.25) is 0 Å². The van der Waals surface area contributed by atoms with Crippen LogP contribution in [0.15, 0.2) is 66.7 Å². The van der Waals surface area contributed by atoms with E-state index in [0.29, 0.717) is 31.1 Å². The van der Waals surface area contributed by atoms with Crippen molar-refractivity contribution in [1.82, 2.24) is 10.3 Å². The molecule has 1 N–H and O–H groups in total. The highest BCUT2D eigenvalue weighted by Gasteiger charge is 2.28. The number of ether oxygens (including phenoxy) is 2. The van der Waals surface area contributed by atoms with Gasteiger partial charge in [0.15, 0.2) is 0 Å². The van der Waals surface area contributed by atoms with Crippen molar-refractivity contribution in [2.75, 3.05) is 20.3 Å². The molecule has 0 saturated carbocycles. The summed E-state index contributed by atoms with van der Waals surface area (Å²) in [6.45, 7) is 0.715. The molecule has 0 bridgehead atoms. The lowest BCUT2D eigenvalue weighted by Crippen LogP contribution is -2.26. The topological polar surface area (TPSA) is 60.5 Å². The number of pyridine rings is 1. The Morgan fingerprint density at radius 3 is 2.40 bits per heavy atom. The molecule has 0 atom stereocenters. The normalized spacial score (nSPS) is 11.6. The fourth-order valence-corrected chi connectivity index (χ4v) is 3.63. The fourth-order valence-electron chi connectivity index (χ4n) is 3.63. The summed E-state index contributed by atoms with van der Waals surface area (Å²) in [5.74, 6) is 6.54. The second-order valence-electron chi connectivity index (χ2n) is 6.87. The zero-order valence-electron chi connectivity index (χ0n) is 16.7. The van der Waals surface area contributed by atoms with Gasteiger partial charge in [-0.05, 0) is 34.2 Å². The molecule has 1 aliphatic carbocycles. The summed E-state index contributed by atoms with van der Waals surface area (Å²) < 4.78 is 10.6. The number of hydrogen-bond acceptors (Lipinski definition) is 4. The first-order valence-corrected chi connectivity index (χ1v) is 9.85. The highest BCUT2D eigenvalue weighted by molar-refractivity contribution is 5.79. The number of amides is 1. The second kappa shape index (κ2) is 9.15. The van der Waals surface area contributed by atoms with Gasteiger partial charge in [-0.15, -0.1) is 0 Å². The molecule has 0 radical (unpaired) electrons. The van der Waals surface area contributed by atoms with Crippen molar-refractivity contribution in [1.29, 1.82) is 0 Å². The van der Waals surface area contributed by atoms with E-state index < -0.39 is 6.09 Å². The number of nitrogens with zero attached hydrogens (tertiary/aromatic N) is 1. The van der Waals surface area contributed by atoms with Crippen LogP contribution in [-0.4, -0.2) is 31.3 Å². The highest BCUT2D eigenvalue weighted by atomic mass is 16.5.